The predicted octanol–water partition coefficient (Wildman–Crippen LogP) is 3.63. The van der Waals surface area contributed by atoms with E-state index in [1.165, 1.54) is 24.1 Å². The predicted molar refractivity (Wildman–Crippen MR) is 132 cm³/mol. The molecule has 1 saturated carbocycles. The molecule has 0 bridgehead atoms. The number of carbonyl (C=O) groups is 1. The summed E-state index contributed by atoms with van der Waals surface area (Å²) in [6.07, 6.45) is 6.28. The average Bonchev–Trinajstić information content (AvgIpc) is 3.22. The van der Waals surface area contributed by atoms with Crippen LogP contribution in [-0.2, 0) is 11.2 Å². The smallest absolute Gasteiger partial charge is 0.347 e. The number of anilines is 1. The van der Waals surface area contributed by atoms with E-state index >= 15 is 0 Å². The molecular formula is C27H31N5O2. The Morgan fingerprint density at radius 1 is 0.882 bits per heavy atom. The normalized spacial score (nSPS) is 20.3. The van der Waals surface area contributed by atoms with Crippen LogP contribution in [0.2, 0.25) is 0 Å². The Bertz CT molecular complexity index is 1220. The van der Waals surface area contributed by atoms with Crippen molar-refractivity contribution < 1.29 is 4.79 Å². The van der Waals surface area contributed by atoms with Crippen LogP contribution in [0, 0.1) is 11.8 Å². The number of hydrogen-bond donors (Lipinski definition) is 1. The van der Waals surface area contributed by atoms with Crippen molar-refractivity contribution in [3.63, 3.8) is 0 Å². The minimum absolute atomic E-state index is 0.221. The number of rotatable bonds is 6. The number of aromatic amines is 1. The molecule has 3 aliphatic rings. The van der Waals surface area contributed by atoms with Crippen LogP contribution in [0.5, 0.6) is 0 Å². The topological polar surface area (TPSA) is 74.2 Å². The standard InChI is InChI=1S/C27H31N5O2/c33-26(22-3-4-22)31-16-13-19(18-31)17-25-28-29-27(34)32(25)24-11-7-21(8-12-24)20-5-9-23(10-6-20)30-14-1-2-15-30/h5-12,19,22H,1-4,13-18H2,(H,29,34)/t19-/m0/s1. The molecule has 0 radical (unpaired) electrons. The summed E-state index contributed by atoms with van der Waals surface area (Å²) in [7, 11) is 0. The molecule has 7 nitrogen and oxygen atoms in total. The van der Waals surface area contributed by atoms with E-state index in [1.807, 2.05) is 17.0 Å². The Balaban J connectivity index is 1.16. The van der Waals surface area contributed by atoms with Crippen molar-refractivity contribution in [1.29, 1.82) is 0 Å². The van der Waals surface area contributed by atoms with Gasteiger partial charge in [-0.25, -0.2) is 14.5 Å². The zero-order valence-corrected chi connectivity index (χ0v) is 19.4. The van der Waals surface area contributed by atoms with E-state index in [0.717, 1.165) is 62.5 Å². The molecule has 1 N–H and O–H groups in total. The van der Waals surface area contributed by atoms with Crippen molar-refractivity contribution in [3.8, 4) is 16.8 Å². The van der Waals surface area contributed by atoms with Gasteiger partial charge in [0.15, 0.2) is 0 Å². The average molecular weight is 458 g/mol. The fraction of sp³-hybridized carbons (Fsp3) is 0.444. The van der Waals surface area contributed by atoms with Crippen LogP contribution >= 0.6 is 0 Å². The summed E-state index contributed by atoms with van der Waals surface area (Å²) >= 11 is 0. The van der Waals surface area contributed by atoms with E-state index in [0.29, 0.717) is 18.2 Å². The lowest BCUT2D eigenvalue weighted by Gasteiger charge is -2.17. The lowest BCUT2D eigenvalue weighted by molar-refractivity contribution is -0.131. The first-order valence-corrected chi connectivity index (χ1v) is 12.6. The van der Waals surface area contributed by atoms with Gasteiger partial charge in [-0.2, -0.15) is 5.10 Å². The van der Waals surface area contributed by atoms with Crippen molar-refractivity contribution in [2.75, 3.05) is 31.1 Å². The number of likely N-dealkylation sites (tertiary alicyclic amines) is 1. The van der Waals surface area contributed by atoms with Crippen LogP contribution in [0.3, 0.4) is 0 Å². The van der Waals surface area contributed by atoms with E-state index in [1.54, 1.807) is 4.57 Å². The Hall–Kier alpha value is -3.35. The summed E-state index contributed by atoms with van der Waals surface area (Å²) in [6, 6.07) is 16.9. The van der Waals surface area contributed by atoms with E-state index in [9.17, 15) is 9.59 Å². The number of aromatic nitrogens is 3. The minimum Gasteiger partial charge on any atom is -0.372 e. The summed E-state index contributed by atoms with van der Waals surface area (Å²) < 4.78 is 1.67. The van der Waals surface area contributed by atoms with Gasteiger partial charge >= 0.3 is 5.69 Å². The van der Waals surface area contributed by atoms with Crippen LogP contribution in [0.25, 0.3) is 16.8 Å². The monoisotopic (exact) mass is 457 g/mol. The van der Waals surface area contributed by atoms with Gasteiger partial charge in [-0.05, 0) is 73.4 Å². The SMILES string of the molecule is O=C(C1CC1)N1CC[C@@H](Cc2n[nH]c(=O)n2-c2ccc(-c3ccc(N4CCCC4)cc3)cc2)C1. The summed E-state index contributed by atoms with van der Waals surface area (Å²) in [5, 5.41) is 6.94. The second-order valence-electron chi connectivity index (χ2n) is 9.99. The molecule has 7 heteroatoms. The van der Waals surface area contributed by atoms with Crippen molar-refractivity contribution in [2.24, 2.45) is 11.8 Å². The lowest BCUT2D eigenvalue weighted by atomic mass is 10.0. The molecule has 1 aromatic heterocycles. The number of amides is 1. The Kier molecular flexibility index (Phi) is 5.47. The van der Waals surface area contributed by atoms with Gasteiger partial charge in [-0.1, -0.05) is 24.3 Å². The number of carbonyl (C=O) groups excluding carboxylic acids is 1. The van der Waals surface area contributed by atoms with Crippen LogP contribution in [0.1, 0.15) is 37.9 Å². The number of nitrogens with zero attached hydrogens (tertiary/aromatic N) is 4. The van der Waals surface area contributed by atoms with Crippen molar-refractivity contribution in [2.45, 2.75) is 38.5 Å². The zero-order chi connectivity index (χ0) is 23.1. The van der Waals surface area contributed by atoms with Gasteiger partial charge in [0.1, 0.15) is 5.82 Å². The highest BCUT2D eigenvalue weighted by Crippen LogP contribution is 2.33. The third kappa shape index (κ3) is 4.15. The minimum atomic E-state index is -0.221. The fourth-order valence-electron chi connectivity index (χ4n) is 5.42. The molecule has 34 heavy (non-hydrogen) atoms. The highest BCUT2D eigenvalue weighted by Gasteiger charge is 2.36. The Morgan fingerprint density at radius 3 is 2.18 bits per heavy atom. The van der Waals surface area contributed by atoms with E-state index in [4.69, 9.17) is 0 Å². The molecule has 176 valence electrons. The van der Waals surface area contributed by atoms with Crippen molar-refractivity contribution >= 4 is 11.6 Å². The number of hydrogen-bond acceptors (Lipinski definition) is 4. The van der Waals surface area contributed by atoms with Crippen molar-refractivity contribution in [1.82, 2.24) is 19.7 Å². The van der Waals surface area contributed by atoms with Gasteiger partial charge in [0.25, 0.3) is 0 Å². The van der Waals surface area contributed by atoms with Crippen LogP contribution in [0.15, 0.2) is 53.3 Å². The molecule has 2 saturated heterocycles. The van der Waals surface area contributed by atoms with Gasteiger partial charge in [-0.15, -0.1) is 0 Å². The quantitative estimate of drug-likeness (QED) is 0.614. The Labute approximate surface area is 199 Å². The van der Waals surface area contributed by atoms with Gasteiger partial charge in [0.2, 0.25) is 5.91 Å². The molecule has 3 fully saturated rings. The summed E-state index contributed by atoms with van der Waals surface area (Å²) in [5.74, 6) is 1.65. The molecule has 3 heterocycles. The molecule has 1 atom stereocenters. The van der Waals surface area contributed by atoms with Crippen LogP contribution in [0.4, 0.5) is 5.69 Å². The molecular weight excluding hydrogens is 426 g/mol. The summed E-state index contributed by atoms with van der Waals surface area (Å²) in [6.45, 7) is 3.87. The molecule has 2 aliphatic heterocycles. The Morgan fingerprint density at radius 2 is 1.53 bits per heavy atom. The number of nitrogens with one attached hydrogen (secondary N) is 1. The molecule has 1 aliphatic carbocycles. The van der Waals surface area contributed by atoms with E-state index in [2.05, 4.69) is 51.5 Å². The highest BCUT2D eigenvalue weighted by molar-refractivity contribution is 5.81. The first-order chi connectivity index (χ1) is 16.7. The molecule has 3 aromatic rings. The van der Waals surface area contributed by atoms with Crippen LogP contribution < -0.4 is 10.6 Å². The van der Waals surface area contributed by atoms with E-state index < -0.39 is 0 Å². The molecule has 2 aromatic carbocycles. The molecule has 0 spiro atoms. The van der Waals surface area contributed by atoms with Crippen molar-refractivity contribution in [3.05, 3.63) is 64.8 Å². The van der Waals surface area contributed by atoms with Gasteiger partial charge < -0.3 is 9.80 Å². The van der Waals surface area contributed by atoms with Gasteiger partial charge in [0.05, 0.1) is 5.69 Å². The van der Waals surface area contributed by atoms with E-state index in [-0.39, 0.29) is 11.6 Å². The number of benzene rings is 2. The zero-order valence-electron chi connectivity index (χ0n) is 19.4. The summed E-state index contributed by atoms with van der Waals surface area (Å²) in [5.41, 5.74) is 4.17. The molecule has 0 unspecified atom stereocenters. The maximum Gasteiger partial charge on any atom is 0.347 e. The maximum atomic E-state index is 12.6. The highest BCUT2D eigenvalue weighted by atomic mass is 16.2. The second-order valence-corrected chi connectivity index (χ2v) is 9.99. The first-order valence-electron chi connectivity index (χ1n) is 12.6. The second kappa shape index (κ2) is 8.78. The van der Waals surface area contributed by atoms with Crippen LogP contribution in [-0.4, -0.2) is 51.8 Å². The maximum absolute atomic E-state index is 12.6. The third-order valence-corrected chi connectivity index (χ3v) is 7.53. The lowest BCUT2D eigenvalue weighted by Crippen LogP contribution is -2.30. The fourth-order valence-corrected chi connectivity index (χ4v) is 5.42. The van der Waals surface area contributed by atoms with Gasteiger partial charge in [-0.3, -0.25) is 4.79 Å². The third-order valence-electron chi connectivity index (χ3n) is 7.53. The number of H-pyrrole nitrogens is 1. The summed E-state index contributed by atoms with van der Waals surface area (Å²) in [4.78, 5) is 29.4. The first kappa shape index (κ1) is 21.2. The molecule has 6 rings (SSSR count). The molecule has 1 amide bonds. The largest absolute Gasteiger partial charge is 0.372 e. The van der Waals surface area contributed by atoms with Gasteiger partial charge in [0, 0.05) is 44.2 Å².